The number of hydrogen-bond acceptors (Lipinski definition) is 3. The van der Waals surface area contributed by atoms with Crippen molar-refractivity contribution in [3.63, 3.8) is 0 Å². The molecule has 0 bridgehead atoms. The van der Waals surface area contributed by atoms with Crippen LogP contribution in [-0.4, -0.2) is 18.4 Å². The van der Waals surface area contributed by atoms with Crippen molar-refractivity contribution in [2.75, 3.05) is 6.61 Å². The SMILES string of the molecule is CC[C@@H](C)COC(=O)C1=CC(C)(C)C(=O)c2ccccc21. The molecular weight excluding hydrogens is 264 g/mol. The highest BCUT2D eigenvalue weighted by Gasteiger charge is 2.36. The average molecular weight is 286 g/mol. The molecule has 0 spiro atoms. The lowest BCUT2D eigenvalue weighted by Crippen LogP contribution is -2.29. The monoisotopic (exact) mass is 286 g/mol. The summed E-state index contributed by atoms with van der Waals surface area (Å²) in [4.78, 5) is 24.8. The third-order valence-corrected chi connectivity index (χ3v) is 3.97. The van der Waals surface area contributed by atoms with Crippen LogP contribution in [0.2, 0.25) is 0 Å². The van der Waals surface area contributed by atoms with Gasteiger partial charge < -0.3 is 4.74 Å². The molecule has 2 rings (SSSR count). The van der Waals surface area contributed by atoms with E-state index in [1.807, 2.05) is 32.9 Å². The van der Waals surface area contributed by atoms with Gasteiger partial charge in [0.25, 0.3) is 0 Å². The lowest BCUT2D eigenvalue weighted by Gasteiger charge is -2.27. The summed E-state index contributed by atoms with van der Waals surface area (Å²) in [5.74, 6) is 0.0305. The number of esters is 1. The van der Waals surface area contributed by atoms with Gasteiger partial charge in [-0.2, -0.15) is 0 Å². The fraction of sp³-hybridized carbons (Fsp3) is 0.444. The molecule has 0 amide bonds. The highest BCUT2D eigenvalue weighted by Crippen LogP contribution is 2.36. The summed E-state index contributed by atoms with van der Waals surface area (Å²) in [6, 6.07) is 7.23. The molecule has 112 valence electrons. The van der Waals surface area contributed by atoms with Crippen LogP contribution in [0.3, 0.4) is 0 Å². The third-order valence-electron chi connectivity index (χ3n) is 3.97. The lowest BCUT2D eigenvalue weighted by atomic mass is 9.75. The van der Waals surface area contributed by atoms with E-state index < -0.39 is 5.41 Å². The van der Waals surface area contributed by atoms with Gasteiger partial charge in [0.2, 0.25) is 0 Å². The summed E-state index contributed by atoms with van der Waals surface area (Å²) in [6.07, 6.45) is 2.70. The van der Waals surface area contributed by atoms with Crippen LogP contribution < -0.4 is 0 Å². The van der Waals surface area contributed by atoms with Gasteiger partial charge in [-0.1, -0.05) is 50.6 Å². The third kappa shape index (κ3) is 3.07. The van der Waals surface area contributed by atoms with Crippen LogP contribution in [0.25, 0.3) is 5.57 Å². The molecule has 1 atom stereocenters. The number of carbonyl (C=O) groups excluding carboxylic acids is 2. The molecule has 3 nitrogen and oxygen atoms in total. The van der Waals surface area contributed by atoms with Gasteiger partial charge in [0.15, 0.2) is 5.78 Å². The maximum absolute atomic E-state index is 12.4. The van der Waals surface area contributed by atoms with Crippen LogP contribution >= 0.6 is 0 Å². The van der Waals surface area contributed by atoms with Crippen LogP contribution in [0.15, 0.2) is 30.3 Å². The first-order valence-corrected chi connectivity index (χ1v) is 7.41. The molecule has 1 aromatic carbocycles. The van der Waals surface area contributed by atoms with Crippen molar-refractivity contribution in [2.24, 2.45) is 11.3 Å². The molecule has 0 heterocycles. The first-order chi connectivity index (χ1) is 9.86. The predicted octanol–water partition coefficient (Wildman–Crippen LogP) is 3.88. The van der Waals surface area contributed by atoms with Gasteiger partial charge in [-0.05, 0) is 25.3 Å². The van der Waals surface area contributed by atoms with Crippen LogP contribution in [0.4, 0.5) is 0 Å². The number of fused-ring (bicyclic) bond motifs is 1. The zero-order chi connectivity index (χ0) is 15.6. The lowest BCUT2D eigenvalue weighted by molar-refractivity contribution is -0.137. The molecule has 0 saturated carbocycles. The minimum absolute atomic E-state index is 0.0385. The molecular formula is C18H22O3. The number of carbonyl (C=O) groups is 2. The summed E-state index contributed by atoms with van der Waals surface area (Å²) < 4.78 is 5.40. The van der Waals surface area contributed by atoms with E-state index in [1.54, 1.807) is 18.2 Å². The molecule has 0 N–H and O–H groups in total. The van der Waals surface area contributed by atoms with Crippen molar-refractivity contribution < 1.29 is 14.3 Å². The highest BCUT2D eigenvalue weighted by atomic mass is 16.5. The van der Waals surface area contributed by atoms with Gasteiger partial charge in [-0.15, -0.1) is 0 Å². The van der Waals surface area contributed by atoms with Crippen molar-refractivity contribution in [1.29, 1.82) is 0 Å². The largest absolute Gasteiger partial charge is 0.462 e. The number of ether oxygens (including phenoxy) is 1. The highest BCUT2D eigenvalue weighted by molar-refractivity contribution is 6.23. The molecule has 1 aromatic rings. The van der Waals surface area contributed by atoms with Crippen LogP contribution in [-0.2, 0) is 9.53 Å². The smallest absolute Gasteiger partial charge is 0.338 e. The topological polar surface area (TPSA) is 43.4 Å². The molecule has 0 unspecified atom stereocenters. The minimum Gasteiger partial charge on any atom is -0.462 e. The van der Waals surface area contributed by atoms with Gasteiger partial charge in [-0.25, -0.2) is 4.79 Å². The molecule has 0 saturated heterocycles. The van der Waals surface area contributed by atoms with Crippen molar-refractivity contribution in [3.8, 4) is 0 Å². The zero-order valence-electron chi connectivity index (χ0n) is 13.1. The van der Waals surface area contributed by atoms with E-state index in [9.17, 15) is 9.59 Å². The molecule has 0 fully saturated rings. The van der Waals surface area contributed by atoms with E-state index in [4.69, 9.17) is 4.74 Å². The minimum atomic E-state index is -0.681. The van der Waals surface area contributed by atoms with Gasteiger partial charge in [0.05, 0.1) is 12.2 Å². The van der Waals surface area contributed by atoms with Gasteiger partial charge >= 0.3 is 5.97 Å². The summed E-state index contributed by atoms with van der Waals surface area (Å²) in [6.45, 7) is 8.17. The van der Waals surface area contributed by atoms with Crippen LogP contribution in [0.5, 0.6) is 0 Å². The number of benzene rings is 1. The van der Waals surface area contributed by atoms with Crippen molar-refractivity contribution in [3.05, 3.63) is 41.5 Å². The Morgan fingerprint density at radius 3 is 2.48 bits per heavy atom. The molecule has 0 radical (unpaired) electrons. The molecule has 1 aliphatic carbocycles. The molecule has 0 aliphatic heterocycles. The Labute approximate surface area is 126 Å². The summed E-state index contributed by atoms with van der Waals surface area (Å²) in [5, 5.41) is 0. The maximum atomic E-state index is 12.4. The summed E-state index contributed by atoms with van der Waals surface area (Å²) in [7, 11) is 0. The number of rotatable bonds is 4. The molecule has 21 heavy (non-hydrogen) atoms. The number of hydrogen-bond donors (Lipinski definition) is 0. The van der Waals surface area contributed by atoms with Gasteiger partial charge in [-0.3, -0.25) is 4.79 Å². The van der Waals surface area contributed by atoms with Crippen LogP contribution in [0.1, 0.15) is 50.0 Å². The van der Waals surface area contributed by atoms with E-state index in [0.29, 0.717) is 29.2 Å². The summed E-state index contributed by atoms with van der Waals surface area (Å²) >= 11 is 0. The fourth-order valence-electron chi connectivity index (χ4n) is 2.35. The summed E-state index contributed by atoms with van der Waals surface area (Å²) in [5.41, 5.74) is 1.09. The normalized spacial score (nSPS) is 17.7. The molecule has 0 aromatic heterocycles. The van der Waals surface area contributed by atoms with E-state index in [2.05, 4.69) is 6.92 Å². The van der Waals surface area contributed by atoms with E-state index in [0.717, 1.165) is 6.42 Å². The van der Waals surface area contributed by atoms with Crippen LogP contribution in [0, 0.1) is 11.3 Å². The van der Waals surface area contributed by atoms with Gasteiger partial charge in [0, 0.05) is 11.0 Å². The average Bonchev–Trinajstić information content (AvgIpc) is 2.48. The standard InChI is InChI=1S/C18H22O3/c1-5-12(2)11-21-17(20)15-10-18(3,4)16(19)14-9-7-6-8-13(14)15/h6-10,12H,5,11H2,1-4H3/t12-/m1/s1. The second-order valence-corrected chi connectivity index (χ2v) is 6.27. The Balaban J connectivity index is 2.33. The Bertz CT molecular complexity index is 596. The quantitative estimate of drug-likeness (QED) is 0.789. The maximum Gasteiger partial charge on any atom is 0.338 e. The second kappa shape index (κ2) is 5.84. The Morgan fingerprint density at radius 2 is 1.86 bits per heavy atom. The number of ketones is 1. The van der Waals surface area contributed by atoms with Crippen molar-refractivity contribution >= 4 is 17.3 Å². The fourth-order valence-corrected chi connectivity index (χ4v) is 2.35. The second-order valence-electron chi connectivity index (χ2n) is 6.27. The predicted molar refractivity (Wildman–Crippen MR) is 82.9 cm³/mol. The molecule has 3 heteroatoms. The van der Waals surface area contributed by atoms with E-state index in [1.165, 1.54) is 0 Å². The first kappa shape index (κ1) is 15.5. The Kier molecular flexibility index (Phi) is 4.31. The zero-order valence-corrected chi connectivity index (χ0v) is 13.1. The number of allylic oxidation sites excluding steroid dienone is 1. The van der Waals surface area contributed by atoms with Crippen molar-refractivity contribution in [1.82, 2.24) is 0 Å². The van der Waals surface area contributed by atoms with Gasteiger partial charge in [0.1, 0.15) is 0 Å². The molecule has 1 aliphatic rings. The van der Waals surface area contributed by atoms with Crippen molar-refractivity contribution in [2.45, 2.75) is 34.1 Å². The van der Waals surface area contributed by atoms with E-state index >= 15 is 0 Å². The number of Topliss-reactive ketones (excluding diaryl/α,β-unsaturated/α-hetero) is 1. The Morgan fingerprint density at radius 1 is 1.24 bits per heavy atom. The van der Waals surface area contributed by atoms with E-state index in [-0.39, 0.29) is 11.8 Å². The first-order valence-electron chi connectivity index (χ1n) is 7.41. The Hall–Kier alpha value is -1.90.